The largest absolute Gasteiger partial charge is 0.457 e. The molecule has 120 valence electrons. The predicted molar refractivity (Wildman–Crippen MR) is 69.2 cm³/mol. The number of ether oxygens (including phenoxy) is 5. The van der Waals surface area contributed by atoms with Crippen LogP contribution in [0.1, 0.15) is 34.6 Å². The van der Waals surface area contributed by atoms with Gasteiger partial charge in [-0.1, -0.05) is 0 Å². The van der Waals surface area contributed by atoms with Gasteiger partial charge in [0.25, 0.3) is 0 Å². The summed E-state index contributed by atoms with van der Waals surface area (Å²) < 4.78 is 28.5. The van der Waals surface area contributed by atoms with Crippen molar-refractivity contribution in [3.8, 4) is 0 Å². The number of rotatable bonds is 1. The second-order valence-corrected chi connectivity index (χ2v) is 6.69. The fraction of sp³-hybridized carbons (Fsp3) is 0.929. The SMILES string of the molecule is CC(=O)OC1[C@H]2OC(C)(C)O[C@@H]2C(O)[C@H]2OC(C)(C)O[C@@H]12. The van der Waals surface area contributed by atoms with Crippen LogP contribution < -0.4 is 0 Å². The van der Waals surface area contributed by atoms with Gasteiger partial charge in [-0.15, -0.1) is 0 Å². The van der Waals surface area contributed by atoms with E-state index in [0.29, 0.717) is 0 Å². The molecule has 3 aliphatic rings. The lowest BCUT2D eigenvalue weighted by Gasteiger charge is -2.39. The van der Waals surface area contributed by atoms with Gasteiger partial charge >= 0.3 is 5.97 Å². The van der Waals surface area contributed by atoms with Crippen molar-refractivity contribution in [1.29, 1.82) is 0 Å². The molecule has 2 saturated heterocycles. The van der Waals surface area contributed by atoms with E-state index in [9.17, 15) is 9.90 Å². The molecule has 0 amide bonds. The molecule has 2 unspecified atom stereocenters. The Morgan fingerprint density at radius 2 is 1.29 bits per heavy atom. The second-order valence-electron chi connectivity index (χ2n) is 6.69. The summed E-state index contributed by atoms with van der Waals surface area (Å²) in [7, 11) is 0. The molecular formula is C14H22O7. The van der Waals surface area contributed by atoms with E-state index in [1.165, 1.54) is 6.92 Å². The van der Waals surface area contributed by atoms with Crippen molar-refractivity contribution in [1.82, 2.24) is 0 Å². The number of esters is 1. The van der Waals surface area contributed by atoms with Gasteiger partial charge in [0.1, 0.15) is 30.5 Å². The van der Waals surface area contributed by atoms with E-state index in [0.717, 1.165) is 0 Å². The normalized spacial score (nSPS) is 46.8. The zero-order valence-corrected chi connectivity index (χ0v) is 12.9. The Kier molecular flexibility index (Phi) is 3.35. The average Bonchev–Trinajstić information content (AvgIpc) is 2.81. The van der Waals surface area contributed by atoms with Crippen molar-refractivity contribution in [2.24, 2.45) is 0 Å². The number of fused-ring (bicyclic) bond motifs is 2. The Balaban J connectivity index is 1.93. The van der Waals surface area contributed by atoms with E-state index in [4.69, 9.17) is 23.7 Å². The average molecular weight is 302 g/mol. The third-order valence-corrected chi connectivity index (χ3v) is 3.95. The smallest absolute Gasteiger partial charge is 0.303 e. The topological polar surface area (TPSA) is 83.5 Å². The zero-order chi connectivity index (χ0) is 15.6. The summed E-state index contributed by atoms with van der Waals surface area (Å²) in [5, 5.41) is 10.5. The minimum Gasteiger partial charge on any atom is -0.457 e. The van der Waals surface area contributed by atoms with Crippen molar-refractivity contribution >= 4 is 5.97 Å². The van der Waals surface area contributed by atoms with Crippen LogP contribution >= 0.6 is 0 Å². The second kappa shape index (κ2) is 4.63. The van der Waals surface area contributed by atoms with Gasteiger partial charge in [-0.2, -0.15) is 0 Å². The van der Waals surface area contributed by atoms with E-state index >= 15 is 0 Å². The fourth-order valence-electron chi connectivity index (χ4n) is 3.37. The lowest BCUT2D eigenvalue weighted by atomic mass is 9.85. The van der Waals surface area contributed by atoms with E-state index in [-0.39, 0.29) is 0 Å². The molecule has 7 heteroatoms. The summed E-state index contributed by atoms with van der Waals surface area (Å²) in [5.41, 5.74) is 0. The molecule has 1 N–H and O–H groups in total. The summed E-state index contributed by atoms with van der Waals surface area (Å²) in [5.74, 6) is -2.15. The molecular weight excluding hydrogens is 280 g/mol. The number of hydrogen-bond acceptors (Lipinski definition) is 7. The molecule has 6 atom stereocenters. The Bertz CT molecular complexity index is 415. The van der Waals surface area contributed by atoms with Crippen LogP contribution in [-0.4, -0.2) is 59.3 Å². The third kappa shape index (κ3) is 2.57. The Labute approximate surface area is 123 Å². The first-order chi connectivity index (χ1) is 9.60. The maximum atomic E-state index is 11.4. The van der Waals surface area contributed by atoms with Gasteiger partial charge in [-0.05, 0) is 27.7 Å². The maximum Gasteiger partial charge on any atom is 0.303 e. The van der Waals surface area contributed by atoms with Crippen LogP contribution in [0.3, 0.4) is 0 Å². The van der Waals surface area contributed by atoms with Gasteiger partial charge in [0.15, 0.2) is 17.7 Å². The Morgan fingerprint density at radius 3 is 1.67 bits per heavy atom. The predicted octanol–water partition coefficient (Wildman–Crippen LogP) is 0.333. The highest BCUT2D eigenvalue weighted by atomic mass is 16.8. The lowest BCUT2D eigenvalue weighted by Crippen LogP contribution is -2.62. The molecule has 0 radical (unpaired) electrons. The van der Waals surface area contributed by atoms with Gasteiger partial charge in [-0.3, -0.25) is 4.79 Å². The summed E-state index contributed by atoms with van der Waals surface area (Å²) in [4.78, 5) is 11.4. The van der Waals surface area contributed by atoms with Crippen LogP contribution in [0.4, 0.5) is 0 Å². The highest BCUT2D eigenvalue weighted by molar-refractivity contribution is 5.66. The molecule has 3 fully saturated rings. The molecule has 0 aromatic rings. The summed E-state index contributed by atoms with van der Waals surface area (Å²) >= 11 is 0. The monoisotopic (exact) mass is 302 g/mol. The van der Waals surface area contributed by atoms with Crippen molar-refractivity contribution in [3.63, 3.8) is 0 Å². The lowest BCUT2D eigenvalue weighted by molar-refractivity contribution is -0.194. The highest BCUT2D eigenvalue weighted by Gasteiger charge is 2.64. The first kappa shape index (κ1) is 15.2. The first-order valence-corrected chi connectivity index (χ1v) is 7.16. The van der Waals surface area contributed by atoms with Crippen molar-refractivity contribution in [3.05, 3.63) is 0 Å². The molecule has 21 heavy (non-hydrogen) atoms. The van der Waals surface area contributed by atoms with E-state index in [1.807, 2.05) is 0 Å². The van der Waals surface area contributed by atoms with Crippen molar-refractivity contribution in [2.75, 3.05) is 0 Å². The van der Waals surface area contributed by atoms with Gasteiger partial charge in [0.2, 0.25) is 0 Å². The van der Waals surface area contributed by atoms with E-state index < -0.39 is 54.2 Å². The van der Waals surface area contributed by atoms with Crippen LogP contribution in [0.15, 0.2) is 0 Å². The summed E-state index contributed by atoms with van der Waals surface area (Å²) in [6, 6.07) is 0. The van der Waals surface area contributed by atoms with Gasteiger partial charge in [0.05, 0.1) is 0 Å². The van der Waals surface area contributed by atoms with Crippen LogP contribution in [0.2, 0.25) is 0 Å². The van der Waals surface area contributed by atoms with Crippen LogP contribution in [0.25, 0.3) is 0 Å². The number of carbonyl (C=O) groups is 1. The molecule has 7 nitrogen and oxygen atoms in total. The highest BCUT2D eigenvalue weighted by Crippen LogP contribution is 2.45. The minimum absolute atomic E-state index is 0.435. The molecule has 1 saturated carbocycles. The Morgan fingerprint density at radius 1 is 0.905 bits per heavy atom. The maximum absolute atomic E-state index is 11.4. The van der Waals surface area contributed by atoms with E-state index in [2.05, 4.69) is 0 Å². The number of aliphatic hydroxyl groups excluding tert-OH is 1. The van der Waals surface area contributed by atoms with Crippen molar-refractivity contribution in [2.45, 2.75) is 82.8 Å². The molecule has 0 aromatic carbocycles. The number of hydrogen-bond donors (Lipinski definition) is 1. The van der Waals surface area contributed by atoms with E-state index in [1.54, 1.807) is 27.7 Å². The summed E-state index contributed by atoms with van der Waals surface area (Å²) in [6.07, 6.45) is -4.00. The van der Waals surface area contributed by atoms with Gasteiger partial charge < -0.3 is 28.8 Å². The molecule has 3 rings (SSSR count). The van der Waals surface area contributed by atoms with Crippen molar-refractivity contribution < 1.29 is 33.6 Å². The third-order valence-electron chi connectivity index (χ3n) is 3.95. The quantitative estimate of drug-likeness (QED) is 0.699. The number of carbonyl (C=O) groups excluding carboxylic acids is 1. The van der Waals surface area contributed by atoms with Gasteiger partial charge in [0, 0.05) is 6.92 Å². The molecule has 0 spiro atoms. The molecule has 2 aliphatic heterocycles. The molecule has 0 aromatic heterocycles. The standard InChI is InChI=1S/C14H22O7/c1-6(15)17-10-11-8(18-13(2,3)20-11)7(16)9-12(10)21-14(4,5)19-9/h7-12,16H,1-5H3/t7?,8-,9-,10?,11-,12+/m1/s1. The molecule has 0 bridgehead atoms. The van der Waals surface area contributed by atoms with Crippen LogP contribution in [0, 0.1) is 0 Å². The summed E-state index contributed by atoms with van der Waals surface area (Å²) in [6.45, 7) is 8.35. The van der Waals surface area contributed by atoms with Crippen LogP contribution in [-0.2, 0) is 28.5 Å². The molecule has 2 heterocycles. The molecule has 1 aliphatic carbocycles. The number of aliphatic hydroxyl groups is 1. The first-order valence-electron chi connectivity index (χ1n) is 7.16. The Hall–Kier alpha value is -0.730. The van der Waals surface area contributed by atoms with Gasteiger partial charge in [-0.25, -0.2) is 0 Å². The zero-order valence-electron chi connectivity index (χ0n) is 12.9. The van der Waals surface area contributed by atoms with Crippen LogP contribution in [0.5, 0.6) is 0 Å². The minimum atomic E-state index is -0.907. The fourth-order valence-corrected chi connectivity index (χ4v) is 3.37.